The number of nitrogens with one attached hydrogen (secondary N) is 2. The quantitative estimate of drug-likeness (QED) is 0.504. The van der Waals surface area contributed by atoms with Crippen LogP contribution in [0, 0.1) is 5.41 Å². The van der Waals surface area contributed by atoms with Crippen molar-refractivity contribution in [2.45, 2.75) is 26.1 Å². The molecular weight excluding hydrogens is 425 g/mol. The minimum atomic E-state index is -4.61. The van der Waals surface area contributed by atoms with E-state index in [0.717, 1.165) is 6.07 Å². The summed E-state index contributed by atoms with van der Waals surface area (Å²) in [7, 11) is 1.74. The highest BCUT2D eigenvalue weighted by Crippen LogP contribution is 2.36. The molecule has 1 saturated heterocycles. The second-order valence-electron chi connectivity index (χ2n) is 8.49. The number of benzene rings is 1. The second kappa shape index (κ2) is 6.65. The van der Waals surface area contributed by atoms with Gasteiger partial charge in [-0.3, -0.25) is 9.48 Å². The Labute approximate surface area is 179 Å². The van der Waals surface area contributed by atoms with E-state index in [1.54, 1.807) is 24.1 Å². The molecule has 0 bridgehead atoms. The Kier molecular flexibility index (Phi) is 4.20. The van der Waals surface area contributed by atoms with Crippen molar-refractivity contribution >= 4 is 28.4 Å². The van der Waals surface area contributed by atoms with Gasteiger partial charge in [-0.15, -0.1) is 5.10 Å². The van der Waals surface area contributed by atoms with E-state index in [0.29, 0.717) is 12.1 Å². The molecule has 2 N–H and O–H groups in total. The first-order valence-electron chi connectivity index (χ1n) is 9.84. The first kappa shape index (κ1) is 20.2. The van der Waals surface area contributed by atoms with Crippen molar-refractivity contribution in [1.29, 1.82) is 0 Å². The molecule has 0 aliphatic carbocycles. The lowest BCUT2D eigenvalue weighted by molar-refractivity contribution is -0.136. The third kappa shape index (κ3) is 3.13. The van der Waals surface area contributed by atoms with Gasteiger partial charge in [0.05, 0.1) is 22.8 Å². The van der Waals surface area contributed by atoms with Crippen LogP contribution in [0.4, 0.5) is 19.1 Å². The molecule has 0 saturated carbocycles. The Hall–Kier alpha value is -3.70. The summed E-state index contributed by atoms with van der Waals surface area (Å²) in [6, 6.07) is 3.09. The molecule has 0 radical (unpaired) electrons. The number of aromatic nitrogens is 6. The Morgan fingerprint density at radius 2 is 2.03 bits per heavy atom. The van der Waals surface area contributed by atoms with Crippen LogP contribution in [0.5, 0.6) is 0 Å². The summed E-state index contributed by atoms with van der Waals surface area (Å²) in [5.41, 5.74) is -0.853. The van der Waals surface area contributed by atoms with Crippen molar-refractivity contribution in [3.8, 4) is 11.4 Å². The third-order valence-corrected chi connectivity index (χ3v) is 5.61. The largest absolute Gasteiger partial charge is 0.418 e. The highest BCUT2D eigenvalue weighted by atomic mass is 19.4. The van der Waals surface area contributed by atoms with E-state index in [9.17, 15) is 18.0 Å². The van der Waals surface area contributed by atoms with E-state index in [1.165, 1.54) is 16.6 Å². The maximum Gasteiger partial charge on any atom is 0.418 e. The van der Waals surface area contributed by atoms with Crippen LogP contribution < -0.4 is 10.6 Å². The molecular formula is C20H19F3N8O. The van der Waals surface area contributed by atoms with Crippen LogP contribution in [0.1, 0.15) is 19.4 Å². The molecule has 12 heteroatoms. The third-order valence-electron chi connectivity index (χ3n) is 5.61. The average molecular weight is 444 g/mol. The minimum Gasteiger partial charge on any atom is -0.354 e. The normalized spacial score (nSPS) is 18.4. The number of rotatable bonds is 3. The number of nitrogens with zero attached hydrogens (tertiary/aromatic N) is 6. The first-order valence-corrected chi connectivity index (χ1v) is 9.84. The van der Waals surface area contributed by atoms with Gasteiger partial charge in [0.15, 0.2) is 11.5 Å². The summed E-state index contributed by atoms with van der Waals surface area (Å²) < 4.78 is 44.1. The lowest BCUT2D eigenvalue weighted by atomic mass is 9.87. The molecule has 4 aromatic rings. The Morgan fingerprint density at radius 3 is 2.66 bits per heavy atom. The Morgan fingerprint density at radius 1 is 1.25 bits per heavy atom. The number of fused-ring (bicyclic) bond motifs is 3. The highest BCUT2D eigenvalue weighted by molar-refractivity contribution is 5.95. The summed E-state index contributed by atoms with van der Waals surface area (Å²) in [6.45, 7) is 4.18. The van der Waals surface area contributed by atoms with E-state index in [1.807, 2.05) is 13.8 Å². The Bertz CT molecular complexity index is 1370. The van der Waals surface area contributed by atoms with Crippen LogP contribution in [0.15, 0.2) is 30.6 Å². The molecule has 1 atom stereocenters. The van der Waals surface area contributed by atoms with Gasteiger partial charge < -0.3 is 10.6 Å². The average Bonchev–Trinajstić information content (AvgIpc) is 3.41. The number of para-hydroxylation sites is 1. The summed E-state index contributed by atoms with van der Waals surface area (Å²) in [5.74, 6) is 0.0201. The Balaban J connectivity index is 1.78. The van der Waals surface area contributed by atoms with Gasteiger partial charge >= 0.3 is 6.18 Å². The fourth-order valence-electron chi connectivity index (χ4n) is 3.88. The van der Waals surface area contributed by atoms with Gasteiger partial charge in [0, 0.05) is 30.6 Å². The molecule has 0 spiro atoms. The van der Waals surface area contributed by atoms with Crippen molar-refractivity contribution < 1.29 is 18.0 Å². The highest BCUT2D eigenvalue weighted by Gasteiger charge is 2.42. The van der Waals surface area contributed by atoms with Gasteiger partial charge in [-0.25, -0.2) is 9.97 Å². The molecule has 9 nitrogen and oxygen atoms in total. The van der Waals surface area contributed by atoms with Gasteiger partial charge in [0.2, 0.25) is 11.9 Å². The standard InChI is InChI=1S/C20H19F3N8O/c1-19(2)9-24-17(32)14(19)27-18-26-13-11(5-4-6-12(13)20(21,22)23)16-28-15(29-31(16)18)10-7-25-30(3)8-10/h4-8,14H,9H2,1-3H3,(H,24,32)(H,26,27)/t14-/m0/s1. The van der Waals surface area contributed by atoms with Crippen molar-refractivity contribution in [3.05, 3.63) is 36.2 Å². The summed E-state index contributed by atoms with van der Waals surface area (Å²) in [4.78, 5) is 21.2. The zero-order chi connectivity index (χ0) is 22.8. The van der Waals surface area contributed by atoms with Crippen LogP contribution in [0.2, 0.25) is 0 Å². The molecule has 32 heavy (non-hydrogen) atoms. The van der Waals surface area contributed by atoms with Gasteiger partial charge in [-0.2, -0.15) is 22.8 Å². The zero-order valence-corrected chi connectivity index (χ0v) is 17.4. The van der Waals surface area contributed by atoms with Crippen LogP contribution >= 0.6 is 0 Å². The number of anilines is 1. The molecule has 1 aromatic carbocycles. The molecule has 1 aliphatic heterocycles. The molecule has 3 aromatic heterocycles. The molecule has 166 valence electrons. The van der Waals surface area contributed by atoms with E-state index in [4.69, 9.17) is 0 Å². The van der Waals surface area contributed by atoms with Crippen LogP contribution in [-0.4, -0.2) is 47.9 Å². The van der Waals surface area contributed by atoms with Gasteiger partial charge in [0.1, 0.15) is 6.04 Å². The predicted octanol–water partition coefficient (Wildman–Crippen LogP) is 2.63. The predicted molar refractivity (Wildman–Crippen MR) is 110 cm³/mol. The topological polar surface area (TPSA) is 102 Å². The lowest BCUT2D eigenvalue weighted by Gasteiger charge is -2.25. The summed E-state index contributed by atoms with van der Waals surface area (Å²) in [5, 5.41) is 14.5. The number of halogens is 3. The fraction of sp³-hybridized carbons (Fsp3) is 0.350. The first-order chi connectivity index (χ1) is 15.0. The van der Waals surface area contributed by atoms with Crippen LogP contribution in [0.3, 0.4) is 0 Å². The lowest BCUT2D eigenvalue weighted by Crippen LogP contribution is -2.38. The summed E-state index contributed by atoms with van der Waals surface area (Å²) in [6.07, 6.45) is -1.35. The summed E-state index contributed by atoms with van der Waals surface area (Å²) >= 11 is 0. The van der Waals surface area contributed by atoms with E-state index in [-0.39, 0.29) is 34.2 Å². The zero-order valence-electron chi connectivity index (χ0n) is 17.4. The van der Waals surface area contributed by atoms with E-state index >= 15 is 0 Å². The number of aryl methyl sites for hydroxylation is 1. The SMILES string of the molecule is Cn1cc(-c2nc3c4cccc(C(F)(F)F)c4nc(N[C@H]4C(=O)NCC4(C)C)n3n2)cn1. The second-order valence-corrected chi connectivity index (χ2v) is 8.49. The molecule has 0 unspecified atom stereocenters. The monoisotopic (exact) mass is 444 g/mol. The van der Waals surface area contributed by atoms with E-state index in [2.05, 4.69) is 30.8 Å². The van der Waals surface area contributed by atoms with Crippen LogP contribution in [0.25, 0.3) is 27.9 Å². The number of hydrogen-bond donors (Lipinski definition) is 2. The number of amides is 1. The molecule has 1 fully saturated rings. The van der Waals surface area contributed by atoms with Crippen molar-refractivity contribution in [2.75, 3.05) is 11.9 Å². The maximum atomic E-state index is 13.7. The van der Waals surface area contributed by atoms with Gasteiger partial charge in [0.25, 0.3) is 0 Å². The minimum absolute atomic E-state index is 0.00182. The van der Waals surface area contributed by atoms with Crippen molar-refractivity contribution in [3.63, 3.8) is 0 Å². The molecule has 5 rings (SSSR count). The maximum absolute atomic E-state index is 13.7. The molecule has 1 aliphatic rings. The number of carbonyl (C=O) groups excluding carboxylic acids is 1. The molecule has 4 heterocycles. The van der Waals surface area contributed by atoms with Crippen molar-refractivity contribution in [2.24, 2.45) is 12.5 Å². The molecule has 1 amide bonds. The van der Waals surface area contributed by atoms with Crippen molar-refractivity contribution in [1.82, 2.24) is 34.7 Å². The fourth-order valence-corrected chi connectivity index (χ4v) is 3.88. The van der Waals surface area contributed by atoms with Gasteiger partial charge in [-0.05, 0) is 12.1 Å². The van der Waals surface area contributed by atoms with E-state index < -0.39 is 23.2 Å². The van der Waals surface area contributed by atoms with Crippen LogP contribution in [-0.2, 0) is 18.0 Å². The number of carbonyl (C=O) groups is 1. The number of hydrogen-bond acceptors (Lipinski definition) is 6. The smallest absolute Gasteiger partial charge is 0.354 e. The number of alkyl halides is 3. The van der Waals surface area contributed by atoms with Gasteiger partial charge in [-0.1, -0.05) is 19.9 Å².